The van der Waals surface area contributed by atoms with Crippen LogP contribution in [0.5, 0.6) is 0 Å². The summed E-state index contributed by atoms with van der Waals surface area (Å²) in [7, 11) is 0. The monoisotopic (exact) mass is 277 g/mol. The van der Waals surface area contributed by atoms with Crippen molar-refractivity contribution in [1.82, 2.24) is 0 Å². The summed E-state index contributed by atoms with van der Waals surface area (Å²) in [4.78, 5) is 0. The van der Waals surface area contributed by atoms with E-state index in [1.807, 2.05) is 12.1 Å². The van der Waals surface area contributed by atoms with Gasteiger partial charge in [-0.1, -0.05) is 59.6 Å². The standard InChI is InChI=1S/C15H13Cl2N/c16-13-7-3-6-11(14(13)17)15(18)12-8-9-4-1-2-5-10(9)12/h1-7,12,15H,8,18H2. The van der Waals surface area contributed by atoms with Crippen LogP contribution in [0.4, 0.5) is 0 Å². The first kappa shape index (κ1) is 12.0. The van der Waals surface area contributed by atoms with E-state index in [9.17, 15) is 0 Å². The number of hydrogen-bond donors (Lipinski definition) is 1. The Balaban J connectivity index is 1.94. The van der Waals surface area contributed by atoms with Gasteiger partial charge in [0.25, 0.3) is 0 Å². The van der Waals surface area contributed by atoms with E-state index < -0.39 is 0 Å². The molecule has 18 heavy (non-hydrogen) atoms. The van der Waals surface area contributed by atoms with E-state index >= 15 is 0 Å². The third kappa shape index (κ3) is 1.83. The molecule has 0 amide bonds. The molecule has 2 aromatic carbocycles. The molecular formula is C15H13Cl2N. The van der Waals surface area contributed by atoms with Crippen molar-refractivity contribution >= 4 is 23.2 Å². The van der Waals surface area contributed by atoms with Gasteiger partial charge >= 0.3 is 0 Å². The molecular weight excluding hydrogens is 265 g/mol. The van der Waals surface area contributed by atoms with E-state index in [-0.39, 0.29) is 6.04 Å². The van der Waals surface area contributed by atoms with Crippen molar-refractivity contribution in [2.45, 2.75) is 18.4 Å². The van der Waals surface area contributed by atoms with Crippen LogP contribution in [0.15, 0.2) is 42.5 Å². The van der Waals surface area contributed by atoms with Crippen molar-refractivity contribution in [2.24, 2.45) is 5.73 Å². The molecule has 0 spiro atoms. The van der Waals surface area contributed by atoms with E-state index in [2.05, 4.69) is 24.3 Å². The normalized spacial score (nSPS) is 18.9. The van der Waals surface area contributed by atoms with Crippen molar-refractivity contribution in [3.8, 4) is 0 Å². The van der Waals surface area contributed by atoms with Crippen LogP contribution < -0.4 is 5.73 Å². The van der Waals surface area contributed by atoms with Crippen LogP contribution in [0.3, 0.4) is 0 Å². The molecule has 0 saturated heterocycles. The lowest BCUT2D eigenvalue weighted by Gasteiger charge is -2.35. The van der Waals surface area contributed by atoms with E-state index in [0.717, 1.165) is 12.0 Å². The minimum absolute atomic E-state index is 0.0916. The topological polar surface area (TPSA) is 26.0 Å². The number of nitrogens with two attached hydrogens (primary N) is 1. The molecule has 0 aromatic heterocycles. The number of hydrogen-bond acceptors (Lipinski definition) is 1. The van der Waals surface area contributed by atoms with E-state index in [1.54, 1.807) is 6.07 Å². The Morgan fingerprint density at radius 2 is 1.83 bits per heavy atom. The number of rotatable bonds is 2. The van der Waals surface area contributed by atoms with Crippen molar-refractivity contribution < 1.29 is 0 Å². The molecule has 0 saturated carbocycles. The molecule has 1 nitrogen and oxygen atoms in total. The second-order valence-corrected chi connectivity index (χ2v) is 5.46. The molecule has 3 heteroatoms. The van der Waals surface area contributed by atoms with Crippen molar-refractivity contribution in [3.63, 3.8) is 0 Å². The summed E-state index contributed by atoms with van der Waals surface area (Å²) in [6, 6.07) is 14.0. The van der Waals surface area contributed by atoms with Crippen molar-refractivity contribution in [1.29, 1.82) is 0 Å². The zero-order chi connectivity index (χ0) is 12.7. The average Bonchev–Trinajstić information content (AvgIpc) is 2.34. The molecule has 1 aliphatic carbocycles. The van der Waals surface area contributed by atoms with Gasteiger partial charge in [-0.2, -0.15) is 0 Å². The first-order valence-corrected chi connectivity index (χ1v) is 6.71. The lowest BCUT2D eigenvalue weighted by atomic mass is 9.72. The highest BCUT2D eigenvalue weighted by Gasteiger charge is 2.32. The fourth-order valence-corrected chi connectivity index (χ4v) is 3.05. The number of halogens is 2. The number of fused-ring (bicyclic) bond motifs is 1. The largest absolute Gasteiger partial charge is 0.323 e. The van der Waals surface area contributed by atoms with Crippen LogP contribution in [0.2, 0.25) is 10.0 Å². The third-order valence-electron chi connectivity index (χ3n) is 3.67. The highest BCUT2D eigenvalue weighted by molar-refractivity contribution is 6.42. The summed E-state index contributed by atoms with van der Waals surface area (Å²) >= 11 is 12.3. The molecule has 0 heterocycles. The maximum atomic E-state index is 6.34. The van der Waals surface area contributed by atoms with Crippen LogP contribution in [-0.2, 0) is 6.42 Å². The second-order valence-electron chi connectivity index (χ2n) is 4.68. The maximum Gasteiger partial charge on any atom is 0.0640 e. The molecule has 0 aliphatic heterocycles. The minimum atomic E-state index is -0.0916. The summed E-state index contributed by atoms with van der Waals surface area (Å²) in [6.07, 6.45) is 1.01. The van der Waals surface area contributed by atoms with Gasteiger partial charge in [0.05, 0.1) is 10.0 Å². The molecule has 92 valence electrons. The summed E-state index contributed by atoms with van der Waals surface area (Å²) in [5.41, 5.74) is 10.00. The Morgan fingerprint density at radius 3 is 2.61 bits per heavy atom. The van der Waals surface area contributed by atoms with Gasteiger partial charge in [0.2, 0.25) is 0 Å². The second kappa shape index (κ2) is 4.58. The minimum Gasteiger partial charge on any atom is -0.323 e. The molecule has 2 N–H and O–H groups in total. The Labute approximate surface area is 117 Å². The summed E-state index contributed by atoms with van der Waals surface area (Å²) in [5.74, 6) is 0.345. The van der Waals surface area contributed by atoms with Crippen LogP contribution in [-0.4, -0.2) is 0 Å². The van der Waals surface area contributed by atoms with Gasteiger partial charge in [-0.3, -0.25) is 0 Å². The third-order valence-corrected chi connectivity index (χ3v) is 4.50. The highest BCUT2D eigenvalue weighted by atomic mass is 35.5. The predicted molar refractivity (Wildman–Crippen MR) is 76.3 cm³/mol. The molecule has 1 aliphatic rings. The van der Waals surface area contributed by atoms with Gasteiger partial charge in [-0.25, -0.2) is 0 Å². The Bertz CT molecular complexity index is 595. The van der Waals surface area contributed by atoms with E-state index in [4.69, 9.17) is 28.9 Å². The Kier molecular flexibility index (Phi) is 3.06. The van der Waals surface area contributed by atoms with Gasteiger partial charge in [-0.05, 0) is 29.2 Å². The van der Waals surface area contributed by atoms with Gasteiger partial charge in [-0.15, -0.1) is 0 Å². The first-order valence-electron chi connectivity index (χ1n) is 5.96. The Hall–Kier alpha value is -1.02. The summed E-state index contributed by atoms with van der Waals surface area (Å²) in [6.45, 7) is 0. The molecule has 2 aromatic rings. The highest BCUT2D eigenvalue weighted by Crippen LogP contribution is 2.44. The SMILES string of the molecule is NC(c1cccc(Cl)c1Cl)C1Cc2ccccc21. The summed E-state index contributed by atoms with van der Waals surface area (Å²) in [5, 5.41) is 1.15. The van der Waals surface area contributed by atoms with E-state index in [0.29, 0.717) is 16.0 Å². The predicted octanol–water partition coefficient (Wildman–Crippen LogP) is 4.33. The van der Waals surface area contributed by atoms with Crippen molar-refractivity contribution in [2.75, 3.05) is 0 Å². The van der Waals surface area contributed by atoms with Gasteiger partial charge < -0.3 is 5.73 Å². The summed E-state index contributed by atoms with van der Waals surface area (Å²) < 4.78 is 0. The quantitative estimate of drug-likeness (QED) is 0.869. The van der Waals surface area contributed by atoms with Gasteiger partial charge in [0, 0.05) is 12.0 Å². The fraction of sp³-hybridized carbons (Fsp3) is 0.200. The van der Waals surface area contributed by atoms with Crippen LogP contribution >= 0.6 is 23.2 Å². The van der Waals surface area contributed by atoms with Crippen LogP contribution in [0.25, 0.3) is 0 Å². The van der Waals surface area contributed by atoms with E-state index in [1.165, 1.54) is 11.1 Å². The van der Waals surface area contributed by atoms with Gasteiger partial charge in [0.1, 0.15) is 0 Å². The molecule has 0 bridgehead atoms. The number of benzene rings is 2. The van der Waals surface area contributed by atoms with Gasteiger partial charge in [0.15, 0.2) is 0 Å². The first-order chi connectivity index (χ1) is 8.68. The lowest BCUT2D eigenvalue weighted by Crippen LogP contribution is -2.29. The zero-order valence-corrected chi connectivity index (χ0v) is 11.2. The lowest BCUT2D eigenvalue weighted by molar-refractivity contribution is 0.500. The Morgan fingerprint density at radius 1 is 1.06 bits per heavy atom. The van der Waals surface area contributed by atoms with Crippen molar-refractivity contribution in [3.05, 3.63) is 69.2 Å². The van der Waals surface area contributed by atoms with Crippen LogP contribution in [0.1, 0.15) is 28.7 Å². The maximum absolute atomic E-state index is 6.34. The molecule has 2 unspecified atom stereocenters. The molecule has 0 radical (unpaired) electrons. The molecule has 2 atom stereocenters. The van der Waals surface area contributed by atoms with Crippen LogP contribution in [0, 0.1) is 0 Å². The molecule has 3 rings (SSSR count). The smallest absolute Gasteiger partial charge is 0.0640 e. The molecule has 0 fully saturated rings. The zero-order valence-electron chi connectivity index (χ0n) is 9.74. The fourth-order valence-electron chi connectivity index (χ4n) is 2.61. The average molecular weight is 278 g/mol.